The van der Waals surface area contributed by atoms with Crippen LogP contribution >= 0.6 is 15.9 Å². The second-order valence-electron chi connectivity index (χ2n) is 7.06. The van der Waals surface area contributed by atoms with E-state index in [0.29, 0.717) is 6.61 Å². The third kappa shape index (κ3) is 4.58. The highest BCUT2D eigenvalue weighted by molar-refractivity contribution is 9.15. The Kier molecular flexibility index (Phi) is 5.21. The summed E-state index contributed by atoms with van der Waals surface area (Å²) in [6.45, 7) is 9.77. The first-order chi connectivity index (χ1) is 10.6. The molecule has 0 unspecified atom stereocenters. The van der Waals surface area contributed by atoms with Crippen LogP contribution in [0.5, 0.6) is 0 Å². The standard InChI is InChI=1S/C18H24BrNO3/c1-17(2,3)23-16(21)20-14(12-22-18(20,4)5)11-15(19)13-9-7-6-8-10-13/h6-11,14H,12H2,1-5H3/b15-11-/t14-/m0/s1. The molecule has 5 heteroatoms. The average Bonchev–Trinajstić information content (AvgIpc) is 2.72. The van der Waals surface area contributed by atoms with Crippen molar-refractivity contribution in [2.75, 3.05) is 6.61 Å². The van der Waals surface area contributed by atoms with Crippen molar-refractivity contribution in [1.29, 1.82) is 0 Å². The van der Waals surface area contributed by atoms with Gasteiger partial charge in [0.25, 0.3) is 0 Å². The highest BCUT2D eigenvalue weighted by Crippen LogP contribution is 2.32. The predicted molar refractivity (Wildman–Crippen MR) is 95.2 cm³/mol. The maximum absolute atomic E-state index is 12.6. The van der Waals surface area contributed by atoms with Crippen molar-refractivity contribution in [1.82, 2.24) is 4.90 Å². The lowest BCUT2D eigenvalue weighted by molar-refractivity contribution is -0.0610. The number of rotatable bonds is 2. The number of amides is 1. The van der Waals surface area contributed by atoms with E-state index in [9.17, 15) is 4.79 Å². The number of nitrogens with zero attached hydrogens (tertiary/aromatic N) is 1. The summed E-state index contributed by atoms with van der Waals surface area (Å²) in [7, 11) is 0. The van der Waals surface area contributed by atoms with Crippen LogP contribution in [0.3, 0.4) is 0 Å². The lowest BCUT2D eigenvalue weighted by Crippen LogP contribution is -2.49. The van der Waals surface area contributed by atoms with Crippen molar-refractivity contribution in [3.8, 4) is 0 Å². The van der Waals surface area contributed by atoms with Gasteiger partial charge in [0.15, 0.2) is 0 Å². The van der Waals surface area contributed by atoms with E-state index in [2.05, 4.69) is 15.9 Å². The Morgan fingerprint density at radius 2 is 1.96 bits per heavy atom. The second kappa shape index (κ2) is 6.65. The van der Waals surface area contributed by atoms with Gasteiger partial charge in [0.1, 0.15) is 11.3 Å². The fourth-order valence-corrected chi connectivity index (χ4v) is 3.05. The molecule has 1 fully saturated rings. The van der Waals surface area contributed by atoms with Crippen molar-refractivity contribution in [2.24, 2.45) is 0 Å². The van der Waals surface area contributed by atoms with Crippen LogP contribution in [0.2, 0.25) is 0 Å². The summed E-state index contributed by atoms with van der Waals surface area (Å²) in [4.78, 5) is 14.2. The maximum Gasteiger partial charge on any atom is 0.413 e. The van der Waals surface area contributed by atoms with E-state index < -0.39 is 11.3 Å². The van der Waals surface area contributed by atoms with Crippen LogP contribution in [0.25, 0.3) is 4.48 Å². The highest BCUT2D eigenvalue weighted by atomic mass is 79.9. The zero-order valence-corrected chi connectivity index (χ0v) is 15.9. The zero-order valence-electron chi connectivity index (χ0n) is 14.3. The minimum atomic E-state index is -0.701. The fourth-order valence-electron chi connectivity index (χ4n) is 2.48. The van der Waals surface area contributed by atoms with Gasteiger partial charge >= 0.3 is 6.09 Å². The van der Waals surface area contributed by atoms with Crippen molar-refractivity contribution in [3.05, 3.63) is 42.0 Å². The minimum absolute atomic E-state index is 0.186. The first kappa shape index (κ1) is 18.0. The summed E-state index contributed by atoms with van der Waals surface area (Å²) in [5, 5.41) is 0. The third-order valence-electron chi connectivity index (χ3n) is 3.50. The second-order valence-corrected chi connectivity index (χ2v) is 7.91. The van der Waals surface area contributed by atoms with Crippen LogP contribution in [0, 0.1) is 0 Å². The molecule has 126 valence electrons. The van der Waals surface area contributed by atoms with Crippen LogP contribution < -0.4 is 0 Å². The van der Waals surface area contributed by atoms with Gasteiger partial charge in [0, 0.05) is 4.48 Å². The van der Waals surface area contributed by atoms with Gasteiger partial charge in [-0.3, -0.25) is 4.90 Å². The van der Waals surface area contributed by atoms with E-state index in [1.54, 1.807) is 4.90 Å². The minimum Gasteiger partial charge on any atom is -0.444 e. The van der Waals surface area contributed by atoms with E-state index >= 15 is 0 Å². The monoisotopic (exact) mass is 381 g/mol. The van der Waals surface area contributed by atoms with Crippen LogP contribution in [-0.4, -0.2) is 35.0 Å². The summed E-state index contributed by atoms with van der Waals surface area (Å²) >= 11 is 3.60. The van der Waals surface area contributed by atoms with Crippen LogP contribution in [0.15, 0.2) is 36.4 Å². The fraction of sp³-hybridized carbons (Fsp3) is 0.500. The van der Waals surface area contributed by atoms with Crippen LogP contribution in [0.1, 0.15) is 40.2 Å². The van der Waals surface area contributed by atoms with Crippen molar-refractivity contribution in [2.45, 2.75) is 52.0 Å². The molecule has 1 saturated heterocycles. The molecule has 0 spiro atoms. The lowest BCUT2D eigenvalue weighted by atomic mass is 10.1. The van der Waals surface area contributed by atoms with E-state index in [4.69, 9.17) is 9.47 Å². The van der Waals surface area contributed by atoms with Gasteiger partial charge in [-0.15, -0.1) is 0 Å². The summed E-state index contributed by atoms with van der Waals surface area (Å²) in [5.74, 6) is 0. The zero-order chi connectivity index (χ0) is 17.3. The topological polar surface area (TPSA) is 38.8 Å². The lowest BCUT2D eigenvalue weighted by Gasteiger charge is -2.34. The molecule has 1 heterocycles. The van der Waals surface area contributed by atoms with Gasteiger partial charge in [-0.25, -0.2) is 4.79 Å². The number of benzene rings is 1. The molecular weight excluding hydrogens is 358 g/mol. The maximum atomic E-state index is 12.6. The molecule has 0 aromatic heterocycles. The summed E-state index contributed by atoms with van der Waals surface area (Å²) in [6, 6.07) is 9.77. The molecule has 1 atom stereocenters. The van der Waals surface area contributed by atoms with Gasteiger partial charge in [0.2, 0.25) is 0 Å². The Morgan fingerprint density at radius 3 is 2.52 bits per heavy atom. The molecule has 23 heavy (non-hydrogen) atoms. The first-order valence-corrected chi connectivity index (χ1v) is 8.48. The molecule has 4 nitrogen and oxygen atoms in total. The SMILES string of the molecule is CC(C)(C)OC(=O)N1[C@@H](/C=C(\Br)c2ccccc2)COC1(C)C. The summed E-state index contributed by atoms with van der Waals surface area (Å²) in [6.07, 6.45) is 1.63. The number of halogens is 1. The van der Waals surface area contributed by atoms with Crippen LogP contribution in [0.4, 0.5) is 4.79 Å². The average molecular weight is 382 g/mol. The van der Waals surface area contributed by atoms with Crippen molar-refractivity contribution in [3.63, 3.8) is 0 Å². The number of hydrogen-bond donors (Lipinski definition) is 0. The quantitative estimate of drug-likeness (QED) is 0.738. The molecule has 2 rings (SSSR count). The molecule has 0 bridgehead atoms. The van der Waals surface area contributed by atoms with E-state index in [1.807, 2.05) is 71.0 Å². The Hall–Kier alpha value is -1.33. The van der Waals surface area contributed by atoms with Crippen molar-refractivity contribution >= 4 is 26.5 Å². The van der Waals surface area contributed by atoms with Gasteiger partial charge in [-0.1, -0.05) is 46.3 Å². The Labute approximate surface area is 146 Å². The Balaban J connectivity index is 2.25. The van der Waals surface area contributed by atoms with Gasteiger partial charge in [0.05, 0.1) is 12.6 Å². The third-order valence-corrected chi connectivity index (χ3v) is 4.22. The largest absolute Gasteiger partial charge is 0.444 e. The molecule has 1 aliphatic rings. The highest BCUT2D eigenvalue weighted by Gasteiger charge is 2.44. The normalized spacial score (nSPS) is 21.4. The number of hydrogen-bond acceptors (Lipinski definition) is 3. The summed E-state index contributed by atoms with van der Waals surface area (Å²) < 4.78 is 12.3. The number of carbonyl (C=O) groups is 1. The number of ether oxygens (including phenoxy) is 2. The van der Waals surface area contributed by atoms with Gasteiger partial charge in [-0.05, 0) is 46.3 Å². The predicted octanol–water partition coefficient (Wildman–Crippen LogP) is 4.79. The van der Waals surface area contributed by atoms with Crippen molar-refractivity contribution < 1.29 is 14.3 Å². The molecule has 0 saturated carbocycles. The molecule has 0 radical (unpaired) electrons. The molecule has 1 aromatic carbocycles. The summed E-state index contributed by atoms with van der Waals surface area (Å²) in [5.41, 5.74) is -0.185. The molecule has 1 aromatic rings. The van der Waals surface area contributed by atoms with E-state index in [1.165, 1.54) is 0 Å². The van der Waals surface area contributed by atoms with Gasteiger partial charge in [-0.2, -0.15) is 0 Å². The number of carbonyl (C=O) groups excluding carboxylic acids is 1. The Morgan fingerprint density at radius 1 is 1.35 bits per heavy atom. The molecule has 1 aliphatic heterocycles. The van der Waals surface area contributed by atoms with E-state index in [0.717, 1.165) is 10.0 Å². The molecule has 0 aliphatic carbocycles. The first-order valence-electron chi connectivity index (χ1n) is 7.69. The molecular formula is C18H24BrNO3. The smallest absolute Gasteiger partial charge is 0.413 e. The van der Waals surface area contributed by atoms with E-state index in [-0.39, 0.29) is 12.1 Å². The molecule has 1 amide bonds. The van der Waals surface area contributed by atoms with Crippen LogP contribution in [-0.2, 0) is 9.47 Å². The van der Waals surface area contributed by atoms with Gasteiger partial charge < -0.3 is 9.47 Å². The molecule has 0 N–H and O–H groups in total. The Bertz CT molecular complexity index is 590.